The number of carbonyl (C=O) groups is 1. The molecule has 2 aromatic heterocycles. The van der Waals surface area contributed by atoms with Gasteiger partial charge in [-0.15, -0.1) is 0 Å². The van der Waals surface area contributed by atoms with Gasteiger partial charge in [-0.2, -0.15) is 10.2 Å². The molecule has 0 unspecified atom stereocenters. The highest BCUT2D eigenvalue weighted by Gasteiger charge is 2.17. The van der Waals surface area contributed by atoms with Crippen molar-refractivity contribution < 1.29 is 9.53 Å². The molecule has 6 heteroatoms. The van der Waals surface area contributed by atoms with Crippen LogP contribution in [0, 0.1) is 0 Å². The number of esters is 1. The van der Waals surface area contributed by atoms with Gasteiger partial charge in [0.05, 0.1) is 36.6 Å². The highest BCUT2D eigenvalue weighted by molar-refractivity contribution is 5.88. The Kier molecular flexibility index (Phi) is 4.03. The topological polar surface area (TPSA) is 61.9 Å². The minimum Gasteiger partial charge on any atom is -0.462 e. The highest BCUT2D eigenvalue weighted by Crippen LogP contribution is 2.28. The Morgan fingerprint density at radius 1 is 1.43 bits per heavy atom. The zero-order valence-corrected chi connectivity index (χ0v) is 12.2. The van der Waals surface area contributed by atoms with Crippen LogP contribution in [0.25, 0.3) is 0 Å². The Morgan fingerprint density at radius 2 is 2.24 bits per heavy atom. The van der Waals surface area contributed by atoms with Crippen molar-refractivity contribution in [3.05, 3.63) is 35.9 Å². The third-order valence-electron chi connectivity index (χ3n) is 3.83. The minimum absolute atomic E-state index is 0.333. The summed E-state index contributed by atoms with van der Waals surface area (Å²) in [6.45, 7) is 2.73. The lowest BCUT2D eigenvalue weighted by Crippen LogP contribution is -2.07. The number of nitrogens with zero attached hydrogens (tertiary/aromatic N) is 4. The zero-order valence-electron chi connectivity index (χ0n) is 12.2. The maximum atomic E-state index is 11.6. The van der Waals surface area contributed by atoms with E-state index in [2.05, 4.69) is 14.9 Å². The van der Waals surface area contributed by atoms with Crippen LogP contribution < -0.4 is 0 Å². The van der Waals surface area contributed by atoms with Crippen LogP contribution >= 0.6 is 0 Å². The molecule has 3 rings (SSSR count). The largest absolute Gasteiger partial charge is 0.462 e. The van der Waals surface area contributed by atoms with Gasteiger partial charge in [0.1, 0.15) is 0 Å². The molecule has 0 spiro atoms. The smallest absolute Gasteiger partial charge is 0.341 e. The van der Waals surface area contributed by atoms with Crippen LogP contribution in [0.5, 0.6) is 0 Å². The molecule has 0 aliphatic heterocycles. The SMILES string of the molecule is CCOC(=O)c1cnn(Cc2ccn(C3CCCC3)n2)c1. The Bertz CT molecular complexity index is 611. The molecular weight excluding hydrogens is 268 g/mol. The molecule has 0 radical (unpaired) electrons. The quantitative estimate of drug-likeness (QED) is 0.793. The normalized spacial score (nSPS) is 15.5. The molecule has 6 nitrogen and oxygen atoms in total. The predicted molar refractivity (Wildman–Crippen MR) is 77.0 cm³/mol. The fourth-order valence-corrected chi connectivity index (χ4v) is 2.77. The lowest BCUT2D eigenvalue weighted by atomic mass is 10.3. The van der Waals surface area contributed by atoms with Crippen LogP contribution in [-0.2, 0) is 11.3 Å². The average molecular weight is 288 g/mol. The van der Waals surface area contributed by atoms with Crippen LogP contribution in [0.4, 0.5) is 0 Å². The number of rotatable bonds is 5. The van der Waals surface area contributed by atoms with Gasteiger partial charge in [0.25, 0.3) is 0 Å². The number of hydrogen-bond donors (Lipinski definition) is 0. The summed E-state index contributed by atoms with van der Waals surface area (Å²) in [5, 5.41) is 8.81. The maximum absolute atomic E-state index is 11.6. The van der Waals surface area contributed by atoms with Crippen LogP contribution in [0.2, 0.25) is 0 Å². The summed E-state index contributed by atoms with van der Waals surface area (Å²) in [6, 6.07) is 2.57. The number of carbonyl (C=O) groups excluding carboxylic acids is 1. The van der Waals surface area contributed by atoms with Crippen molar-refractivity contribution in [2.24, 2.45) is 0 Å². The van der Waals surface area contributed by atoms with Gasteiger partial charge >= 0.3 is 5.97 Å². The molecule has 0 bridgehead atoms. The molecule has 2 aromatic rings. The molecule has 21 heavy (non-hydrogen) atoms. The fourth-order valence-electron chi connectivity index (χ4n) is 2.77. The summed E-state index contributed by atoms with van der Waals surface area (Å²) in [7, 11) is 0. The standard InChI is InChI=1S/C15H20N4O2/c1-2-21-15(20)12-9-16-18(10-12)11-13-7-8-19(17-13)14-5-3-4-6-14/h7-10,14H,2-6,11H2,1H3. The van der Waals surface area contributed by atoms with Crippen molar-refractivity contribution in [3.63, 3.8) is 0 Å². The van der Waals surface area contributed by atoms with Crippen molar-refractivity contribution in [1.29, 1.82) is 0 Å². The van der Waals surface area contributed by atoms with Crippen LogP contribution in [0.1, 0.15) is 54.7 Å². The summed E-state index contributed by atoms with van der Waals surface area (Å²) in [5.41, 5.74) is 1.44. The van der Waals surface area contributed by atoms with Crippen molar-refractivity contribution in [1.82, 2.24) is 19.6 Å². The lowest BCUT2D eigenvalue weighted by molar-refractivity contribution is 0.0526. The molecule has 0 aromatic carbocycles. The summed E-state index contributed by atoms with van der Waals surface area (Å²) in [5.74, 6) is -0.333. The maximum Gasteiger partial charge on any atom is 0.341 e. The molecule has 112 valence electrons. The van der Waals surface area contributed by atoms with Gasteiger partial charge in [-0.05, 0) is 25.8 Å². The second-order valence-electron chi connectivity index (χ2n) is 5.37. The van der Waals surface area contributed by atoms with Gasteiger partial charge in [0.15, 0.2) is 0 Å². The monoisotopic (exact) mass is 288 g/mol. The van der Waals surface area contributed by atoms with E-state index in [0.29, 0.717) is 24.8 Å². The predicted octanol–water partition coefficient (Wildman–Crippen LogP) is 2.42. The van der Waals surface area contributed by atoms with Gasteiger partial charge < -0.3 is 4.74 Å². The van der Waals surface area contributed by atoms with Gasteiger partial charge in [0.2, 0.25) is 0 Å². The molecule has 1 aliphatic rings. The molecule has 1 aliphatic carbocycles. The van der Waals surface area contributed by atoms with E-state index < -0.39 is 0 Å². The van der Waals surface area contributed by atoms with Crippen LogP contribution in [-0.4, -0.2) is 32.1 Å². The van der Waals surface area contributed by atoms with E-state index in [1.807, 2.05) is 12.3 Å². The van der Waals surface area contributed by atoms with E-state index in [4.69, 9.17) is 4.74 Å². The average Bonchev–Trinajstić information content (AvgIpc) is 3.20. The zero-order chi connectivity index (χ0) is 14.7. The first kappa shape index (κ1) is 13.9. The molecule has 0 atom stereocenters. The van der Waals surface area contributed by atoms with E-state index >= 15 is 0 Å². The fraction of sp³-hybridized carbons (Fsp3) is 0.533. The molecule has 0 amide bonds. The summed E-state index contributed by atoms with van der Waals surface area (Å²) < 4.78 is 8.73. The van der Waals surface area contributed by atoms with Gasteiger partial charge in [-0.1, -0.05) is 12.8 Å². The third-order valence-corrected chi connectivity index (χ3v) is 3.83. The van der Waals surface area contributed by atoms with Crippen molar-refractivity contribution in [3.8, 4) is 0 Å². The number of ether oxygens (including phenoxy) is 1. The summed E-state index contributed by atoms with van der Waals surface area (Å²) in [4.78, 5) is 11.6. The third kappa shape index (κ3) is 3.15. The van der Waals surface area contributed by atoms with E-state index in [0.717, 1.165) is 5.69 Å². The lowest BCUT2D eigenvalue weighted by Gasteiger charge is -2.08. The second-order valence-corrected chi connectivity index (χ2v) is 5.37. The van der Waals surface area contributed by atoms with Crippen LogP contribution in [0.15, 0.2) is 24.7 Å². The number of aromatic nitrogens is 4. The van der Waals surface area contributed by atoms with E-state index in [9.17, 15) is 4.79 Å². The van der Waals surface area contributed by atoms with Gasteiger partial charge in [-0.3, -0.25) is 9.36 Å². The Hall–Kier alpha value is -2.11. The second kappa shape index (κ2) is 6.11. The van der Waals surface area contributed by atoms with E-state index in [1.165, 1.54) is 31.9 Å². The van der Waals surface area contributed by atoms with Crippen LogP contribution in [0.3, 0.4) is 0 Å². The van der Waals surface area contributed by atoms with Gasteiger partial charge in [-0.25, -0.2) is 4.79 Å². The Morgan fingerprint density at radius 3 is 3.00 bits per heavy atom. The molecular formula is C15H20N4O2. The molecule has 0 saturated heterocycles. The minimum atomic E-state index is -0.333. The molecule has 2 heterocycles. The molecule has 1 saturated carbocycles. The first-order valence-corrected chi connectivity index (χ1v) is 7.50. The first-order chi connectivity index (χ1) is 10.3. The van der Waals surface area contributed by atoms with E-state index in [-0.39, 0.29) is 5.97 Å². The summed E-state index contributed by atoms with van der Waals surface area (Å²) in [6.07, 6.45) is 10.3. The molecule has 0 N–H and O–H groups in total. The Labute approximate surface area is 123 Å². The molecule has 1 fully saturated rings. The van der Waals surface area contributed by atoms with E-state index in [1.54, 1.807) is 17.8 Å². The number of hydrogen-bond acceptors (Lipinski definition) is 4. The van der Waals surface area contributed by atoms with Crippen molar-refractivity contribution in [2.45, 2.75) is 45.2 Å². The first-order valence-electron chi connectivity index (χ1n) is 7.50. The highest BCUT2D eigenvalue weighted by atomic mass is 16.5. The Balaban J connectivity index is 1.65. The van der Waals surface area contributed by atoms with Gasteiger partial charge in [0, 0.05) is 12.4 Å². The van der Waals surface area contributed by atoms with Crippen molar-refractivity contribution in [2.75, 3.05) is 6.61 Å². The van der Waals surface area contributed by atoms with Crippen molar-refractivity contribution >= 4 is 5.97 Å². The summed E-state index contributed by atoms with van der Waals surface area (Å²) >= 11 is 0.